The molecule has 0 aliphatic rings. The number of nitrogens with one attached hydrogen (secondary N) is 1. The first kappa shape index (κ1) is 17.1. The van der Waals surface area contributed by atoms with Crippen molar-refractivity contribution in [3.8, 4) is 0 Å². The monoisotopic (exact) mass is 319 g/mol. The molecule has 112 valence electrons. The van der Waals surface area contributed by atoms with Crippen molar-refractivity contribution in [2.75, 3.05) is 0 Å². The minimum Gasteiger partial charge on any atom is -0.444 e. The number of halogens is 2. The number of carbonyl (C=O) groups excluding carboxylic acids is 1. The molecular formula is C14H19Cl2NO3. The second kappa shape index (κ2) is 6.66. The predicted octanol–water partition coefficient (Wildman–Crippen LogP) is 3.94. The third-order valence-electron chi connectivity index (χ3n) is 2.50. The zero-order chi connectivity index (χ0) is 15.5. The average molecular weight is 320 g/mol. The summed E-state index contributed by atoms with van der Waals surface area (Å²) in [6.07, 6.45) is -1.48. The second-order valence-corrected chi connectivity index (χ2v) is 6.37. The minimum absolute atomic E-state index is 0.354. The lowest BCUT2D eigenvalue weighted by Crippen LogP contribution is -2.40. The summed E-state index contributed by atoms with van der Waals surface area (Å²) >= 11 is 11.7. The molecule has 1 aromatic carbocycles. The Labute approximate surface area is 129 Å². The Morgan fingerprint density at radius 1 is 1.30 bits per heavy atom. The number of alkyl carbamates (subject to hydrolysis) is 1. The smallest absolute Gasteiger partial charge is 0.407 e. The summed E-state index contributed by atoms with van der Waals surface area (Å²) in [5, 5.41) is 13.5. The molecule has 4 nitrogen and oxygen atoms in total. The van der Waals surface area contributed by atoms with Gasteiger partial charge in [0.25, 0.3) is 0 Å². The van der Waals surface area contributed by atoms with Gasteiger partial charge in [-0.3, -0.25) is 0 Å². The number of rotatable bonds is 3. The molecule has 1 aromatic rings. The molecule has 0 radical (unpaired) electrons. The lowest BCUT2D eigenvalue weighted by Gasteiger charge is -2.24. The zero-order valence-electron chi connectivity index (χ0n) is 11.9. The fraction of sp³-hybridized carbons (Fsp3) is 0.500. The van der Waals surface area contributed by atoms with Crippen LogP contribution in [0.5, 0.6) is 0 Å². The van der Waals surface area contributed by atoms with E-state index in [1.165, 1.54) is 0 Å². The molecule has 1 amide bonds. The Balaban J connectivity index is 2.69. The normalized spacial score (nSPS) is 14.6. The second-order valence-electron chi connectivity index (χ2n) is 5.55. The zero-order valence-corrected chi connectivity index (χ0v) is 13.4. The molecule has 0 saturated heterocycles. The summed E-state index contributed by atoms with van der Waals surface area (Å²) in [7, 11) is 0. The van der Waals surface area contributed by atoms with Crippen LogP contribution in [0.2, 0.25) is 10.0 Å². The van der Waals surface area contributed by atoms with Crippen molar-refractivity contribution < 1.29 is 14.6 Å². The van der Waals surface area contributed by atoms with Crippen molar-refractivity contribution in [3.05, 3.63) is 33.8 Å². The van der Waals surface area contributed by atoms with Crippen molar-refractivity contribution in [2.24, 2.45) is 0 Å². The molecule has 20 heavy (non-hydrogen) atoms. The molecule has 6 heteroatoms. The number of aliphatic hydroxyl groups is 1. The maximum Gasteiger partial charge on any atom is 0.407 e. The molecule has 0 aliphatic heterocycles. The lowest BCUT2D eigenvalue weighted by molar-refractivity contribution is 0.0436. The maximum absolute atomic E-state index is 11.6. The van der Waals surface area contributed by atoms with Gasteiger partial charge in [0.05, 0.1) is 22.2 Å². The van der Waals surface area contributed by atoms with Crippen LogP contribution in [0, 0.1) is 0 Å². The van der Waals surface area contributed by atoms with Crippen LogP contribution >= 0.6 is 23.2 Å². The number of hydrogen-bond acceptors (Lipinski definition) is 3. The van der Waals surface area contributed by atoms with Crippen LogP contribution in [0.4, 0.5) is 4.79 Å². The molecule has 0 saturated carbocycles. The first-order valence-corrected chi connectivity index (χ1v) is 6.98. The summed E-state index contributed by atoms with van der Waals surface area (Å²) in [5.74, 6) is 0. The van der Waals surface area contributed by atoms with Gasteiger partial charge in [-0.1, -0.05) is 29.3 Å². The van der Waals surface area contributed by atoms with Crippen molar-refractivity contribution in [1.29, 1.82) is 0 Å². The van der Waals surface area contributed by atoms with Gasteiger partial charge in [-0.25, -0.2) is 4.79 Å². The topological polar surface area (TPSA) is 58.6 Å². The van der Waals surface area contributed by atoms with E-state index in [0.717, 1.165) is 0 Å². The van der Waals surface area contributed by atoms with Crippen LogP contribution in [0.1, 0.15) is 39.4 Å². The molecule has 0 aromatic heterocycles. The van der Waals surface area contributed by atoms with Gasteiger partial charge in [0.2, 0.25) is 0 Å². The van der Waals surface area contributed by atoms with Crippen LogP contribution in [0.25, 0.3) is 0 Å². The largest absolute Gasteiger partial charge is 0.444 e. The molecule has 2 atom stereocenters. The summed E-state index contributed by atoms with van der Waals surface area (Å²) in [6, 6.07) is 4.30. The van der Waals surface area contributed by atoms with Crippen LogP contribution in [-0.2, 0) is 4.74 Å². The quantitative estimate of drug-likeness (QED) is 0.887. The summed E-state index contributed by atoms with van der Waals surface area (Å²) in [6.45, 7) is 6.99. The standard InChI is InChI=1S/C14H19Cl2NO3/c1-8(17-13(19)20-14(2,3)4)12(18)9-5-6-10(15)11(16)7-9/h5-8,12,18H,1-4H3,(H,17,19). The Bertz CT molecular complexity index is 486. The number of hydrogen-bond donors (Lipinski definition) is 2. The minimum atomic E-state index is -0.905. The van der Waals surface area contributed by atoms with Crippen molar-refractivity contribution in [2.45, 2.75) is 45.4 Å². The highest BCUT2D eigenvalue weighted by molar-refractivity contribution is 6.42. The van der Waals surface area contributed by atoms with E-state index in [-0.39, 0.29) is 0 Å². The van der Waals surface area contributed by atoms with Crippen LogP contribution in [0.15, 0.2) is 18.2 Å². The van der Waals surface area contributed by atoms with Gasteiger partial charge in [-0.2, -0.15) is 0 Å². The first-order chi connectivity index (χ1) is 9.10. The Morgan fingerprint density at radius 3 is 2.40 bits per heavy atom. The summed E-state index contributed by atoms with van der Waals surface area (Å²) < 4.78 is 5.13. The number of carbonyl (C=O) groups is 1. The molecular weight excluding hydrogens is 301 g/mol. The Kier molecular flexibility index (Phi) is 5.68. The molecule has 0 heterocycles. The SMILES string of the molecule is CC(NC(=O)OC(C)(C)C)C(O)c1ccc(Cl)c(Cl)c1. The van der Waals surface area contributed by atoms with E-state index in [2.05, 4.69) is 5.32 Å². The average Bonchev–Trinajstić information content (AvgIpc) is 2.29. The fourth-order valence-corrected chi connectivity index (χ4v) is 1.86. The molecule has 0 spiro atoms. The van der Waals surface area contributed by atoms with E-state index in [0.29, 0.717) is 15.6 Å². The number of benzene rings is 1. The van der Waals surface area contributed by atoms with E-state index in [4.69, 9.17) is 27.9 Å². The summed E-state index contributed by atoms with van der Waals surface area (Å²) in [4.78, 5) is 11.6. The molecule has 0 bridgehead atoms. The van der Waals surface area contributed by atoms with Gasteiger partial charge >= 0.3 is 6.09 Å². The highest BCUT2D eigenvalue weighted by atomic mass is 35.5. The maximum atomic E-state index is 11.6. The number of aliphatic hydroxyl groups excluding tert-OH is 1. The van der Waals surface area contributed by atoms with Gasteiger partial charge < -0.3 is 15.2 Å². The van der Waals surface area contributed by atoms with Crippen LogP contribution < -0.4 is 5.32 Å². The van der Waals surface area contributed by atoms with E-state index in [9.17, 15) is 9.90 Å². The fourth-order valence-electron chi connectivity index (χ4n) is 1.56. The van der Waals surface area contributed by atoms with Gasteiger partial charge in [0.15, 0.2) is 0 Å². The number of ether oxygens (including phenoxy) is 1. The third-order valence-corrected chi connectivity index (χ3v) is 3.24. The van der Waals surface area contributed by atoms with Crippen LogP contribution in [0.3, 0.4) is 0 Å². The Hall–Kier alpha value is -0.970. The molecule has 1 rings (SSSR count). The van der Waals surface area contributed by atoms with E-state index >= 15 is 0 Å². The Morgan fingerprint density at radius 2 is 1.90 bits per heavy atom. The van der Waals surface area contributed by atoms with E-state index in [1.54, 1.807) is 45.9 Å². The highest BCUT2D eigenvalue weighted by Gasteiger charge is 2.22. The van der Waals surface area contributed by atoms with E-state index < -0.39 is 23.8 Å². The van der Waals surface area contributed by atoms with Gasteiger partial charge in [0, 0.05) is 0 Å². The van der Waals surface area contributed by atoms with Crippen molar-refractivity contribution in [3.63, 3.8) is 0 Å². The lowest BCUT2D eigenvalue weighted by atomic mass is 10.0. The van der Waals surface area contributed by atoms with E-state index in [1.807, 2.05) is 0 Å². The molecule has 2 unspecified atom stereocenters. The molecule has 0 aliphatic carbocycles. The van der Waals surface area contributed by atoms with Crippen LogP contribution in [-0.4, -0.2) is 22.8 Å². The van der Waals surface area contributed by atoms with Crippen molar-refractivity contribution in [1.82, 2.24) is 5.32 Å². The third kappa shape index (κ3) is 5.19. The predicted molar refractivity (Wildman–Crippen MR) is 80.3 cm³/mol. The van der Waals surface area contributed by atoms with Gasteiger partial charge in [-0.15, -0.1) is 0 Å². The highest BCUT2D eigenvalue weighted by Crippen LogP contribution is 2.27. The van der Waals surface area contributed by atoms with Crippen molar-refractivity contribution >= 4 is 29.3 Å². The number of amides is 1. The summed E-state index contributed by atoms with van der Waals surface area (Å²) in [5.41, 5.74) is -0.0128. The van der Waals surface area contributed by atoms with Gasteiger partial charge in [-0.05, 0) is 45.4 Å². The van der Waals surface area contributed by atoms with Gasteiger partial charge in [0.1, 0.15) is 5.60 Å². The first-order valence-electron chi connectivity index (χ1n) is 6.22. The molecule has 2 N–H and O–H groups in total. The molecule has 0 fully saturated rings.